The third-order valence-electron chi connectivity index (χ3n) is 3.72. The monoisotopic (exact) mass is 325 g/mol. The second-order valence-electron chi connectivity index (χ2n) is 5.61. The van der Waals surface area contributed by atoms with E-state index in [0.717, 1.165) is 18.7 Å². The van der Waals surface area contributed by atoms with Gasteiger partial charge >= 0.3 is 6.03 Å². The number of urea groups is 1. The zero-order valence-corrected chi connectivity index (χ0v) is 13.6. The van der Waals surface area contributed by atoms with Gasteiger partial charge in [-0.1, -0.05) is 18.2 Å². The fourth-order valence-corrected chi connectivity index (χ4v) is 4.15. The zero-order valence-electron chi connectivity index (χ0n) is 12.8. The van der Waals surface area contributed by atoms with Crippen LogP contribution in [0.5, 0.6) is 0 Å². The predicted octanol–water partition coefficient (Wildman–Crippen LogP) is 0.999. The van der Waals surface area contributed by atoms with Crippen LogP contribution in [0, 0.1) is 0 Å². The van der Waals surface area contributed by atoms with Crippen molar-refractivity contribution in [3.05, 3.63) is 30.3 Å². The van der Waals surface area contributed by atoms with E-state index in [9.17, 15) is 13.2 Å². The van der Waals surface area contributed by atoms with Crippen LogP contribution in [0.25, 0.3) is 0 Å². The Hall–Kier alpha value is -1.76. The molecule has 1 aliphatic rings. The molecule has 1 fully saturated rings. The molecule has 2 rings (SSSR count). The van der Waals surface area contributed by atoms with Gasteiger partial charge in [0.1, 0.15) is 0 Å². The molecule has 1 atom stereocenters. The van der Waals surface area contributed by atoms with Crippen molar-refractivity contribution < 1.29 is 13.2 Å². The van der Waals surface area contributed by atoms with Crippen LogP contribution < -0.4 is 15.5 Å². The molecule has 1 aromatic rings. The maximum Gasteiger partial charge on any atom is 0.315 e. The molecule has 0 aromatic heterocycles. The molecule has 0 bridgehead atoms. The number of sulfone groups is 1. The van der Waals surface area contributed by atoms with Crippen LogP contribution in [-0.4, -0.2) is 52.1 Å². The van der Waals surface area contributed by atoms with Crippen LogP contribution in [0.4, 0.5) is 10.5 Å². The van der Waals surface area contributed by atoms with E-state index in [0.29, 0.717) is 13.0 Å². The lowest BCUT2D eigenvalue weighted by Crippen LogP contribution is -2.43. The summed E-state index contributed by atoms with van der Waals surface area (Å²) in [7, 11) is -0.945. The van der Waals surface area contributed by atoms with Crippen molar-refractivity contribution in [1.29, 1.82) is 0 Å². The van der Waals surface area contributed by atoms with E-state index < -0.39 is 9.84 Å². The van der Waals surface area contributed by atoms with Crippen molar-refractivity contribution in [3.8, 4) is 0 Å². The van der Waals surface area contributed by atoms with Crippen molar-refractivity contribution >= 4 is 21.6 Å². The lowest BCUT2D eigenvalue weighted by Gasteiger charge is -2.19. The number of anilines is 1. The van der Waals surface area contributed by atoms with Gasteiger partial charge in [-0.05, 0) is 25.0 Å². The summed E-state index contributed by atoms with van der Waals surface area (Å²) in [5.74, 6) is 0.219. The van der Waals surface area contributed by atoms with Gasteiger partial charge < -0.3 is 15.5 Å². The average Bonchev–Trinajstić information content (AvgIpc) is 2.83. The third kappa shape index (κ3) is 5.22. The molecule has 0 saturated carbocycles. The van der Waals surface area contributed by atoms with E-state index in [2.05, 4.69) is 15.5 Å². The predicted molar refractivity (Wildman–Crippen MR) is 87.9 cm³/mol. The van der Waals surface area contributed by atoms with E-state index in [-0.39, 0.29) is 23.6 Å². The Labute approximate surface area is 131 Å². The summed E-state index contributed by atoms with van der Waals surface area (Å²) in [6, 6.07) is 9.51. The Kier molecular flexibility index (Phi) is 5.65. The number of carbonyl (C=O) groups is 1. The number of rotatable bonds is 6. The van der Waals surface area contributed by atoms with Gasteiger partial charge in [0.25, 0.3) is 0 Å². The SMILES string of the molecule is CN(CCCNC(=O)N[C@@H]1CCS(=O)(=O)C1)c1ccccc1. The van der Waals surface area contributed by atoms with E-state index in [1.54, 1.807) is 0 Å². The molecule has 7 heteroatoms. The summed E-state index contributed by atoms with van der Waals surface area (Å²) >= 11 is 0. The molecule has 0 unspecified atom stereocenters. The first-order chi connectivity index (χ1) is 10.5. The molecule has 0 aliphatic carbocycles. The Morgan fingerprint density at radius 3 is 2.68 bits per heavy atom. The maximum atomic E-state index is 11.7. The number of para-hydroxylation sites is 1. The summed E-state index contributed by atoms with van der Waals surface area (Å²) in [6.07, 6.45) is 1.33. The van der Waals surface area contributed by atoms with Crippen LogP contribution >= 0.6 is 0 Å². The third-order valence-corrected chi connectivity index (χ3v) is 5.49. The molecule has 6 nitrogen and oxygen atoms in total. The number of hydrogen-bond donors (Lipinski definition) is 2. The summed E-state index contributed by atoms with van der Waals surface area (Å²) in [5.41, 5.74) is 1.14. The summed E-state index contributed by atoms with van der Waals surface area (Å²) in [5, 5.41) is 5.48. The number of hydrogen-bond acceptors (Lipinski definition) is 4. The Bertz CT molecular complexity index is 589. The number of carbonyl (C=O) groups excluding carboxylic acids is 1. The fourth-order valence-electron chi connectivity index (χ4n) is 2.47. The van der Waals surface area contributed by atoms with Crippen molar-refractivity contribution in [1.82, 2.24) is 10.6 Å². The minimum absolute atomic E-state index is 0.0527. The molecule has 1 heterocycles. The first kappa shape index (κ1) is 16.6. The fraction of sp³-hybridized carbons (Fsp3) is 0.533. The number of nitrogens with one attached hydrogen (secondary N) is 2. The first-order valence-electron chi connectivity index (χ1n) is 7.47. The van der Waals surface area contributed by atoms with Gasteiger partial charge in [0.2, 0.25) is 0 Å². The standard InChI is InChI=1S/C15H23N3O3S/c1-18(14-6-3-2-4-7-14)10-5-9-16-15(19)17-13-8-11-22(20,21)12-13/h2-4,6-7,13H,5,8-12H2,1H3,(H2,16,17,19)/t13-/m1/s1. The minimum atomic E-state index is -2.96. The quantitative estimate of drug-likeness (QED) is 0.765. The molecule has 1 saturated heterocycles. The first-order valence-corrected chi connectivity index (χ1v) is 9.29. The summed E-state index contributed by atoms with van der Waals surface area (Å²) in [6.45, 7) is 1.39. The maximum absolute atomic E-state index is 11.7. The molecule has 0 radical (unpaired) electrons. The number of benzene rings is 1. The molecule has 0 spiro atoms. The molecule has 2 amide bonds. The van der Waals surface area contributed by atoms with Crippen LogP contribution in [0.2, 0.25) is 0 Å². The van der Waals surface area contributed by atoms with Gasteiger partial charge in [-0.3, -0.25) is 0 Å². The second kappa shape index (κ2) is 7.49. The zero-order chi connectivity index (χ0) is 16.0. The normalized spacial score (nSPS) is 19.6. The minimum Gasteiger partial charge on any atom is -0.375 e. The van der Waals surface area contributed by atoms with Crippen LogP contribution in [0.1, 0.15) is 12.8 Å². The van der Waals surface area contributed by atoms with Crippen molar-refractivity contribution in [3.63, 3.8) is 0 Å². The lowest BCUT2D eigenvalue weighted by atomic mass is 10.3. The second-order valence-corrected chi connectivity index (χ2v) is 7.84. The van der Waals surface area contributed by atoms with Crippen LogP contribution in [0.15, 0.2) is 30.3 Å². The molecule has 2 N–H and O–H groups in total. The summed E-state index contributed by atoms with van der Waals surface area (Å²) in [4.78, 5) is 13.8. The lowest BCUT2D eigenvalue weighted by molar-refractivity contribution is 0.238. The molecular formula is C15H23N3O3S. The average molecular weight is 325 g/mol. The Morgan fingerprint density at radius 1 is 1.32 bits per heavy atom. The van der Waals surface area contributed by atoms with Crippen molar-refractivity contribution in [2.45, 2.75) is 18.9 Å². The highest BCUT2D eigenvalue weighted by Gasteiger charge is 2.28. The number of amides is 2. The van der Waals surface area contributed by atoms with Gasteiger partial charge in [0.15, 0.2) is 9.84 Å². The van der Waals surface area contributed by atoms with E-state index in [1.807, 2.05) is 37.4 Å². The largest absolute Gasteiger partial charge is 0.375 e. The highest BCUT2D eigenvalue weighted by atomic mass is 32.2. The molecule has 1 aliphatic heterocycles. The molecular weight excluding hydrogens is 302 g/mol. The van der Waals surface area contributed by atoms with Gasteiger partial charge in [0.05, 0.1) is 11.5 Å². The van der Waals surface area contributed by atoms with E-state index >= 15 is 0 Å². The highest BCUT2D eigenvalue weighted by molar-refractivity contribution is 7.91. The smallest absolute Gasteiger partial charge is 0.315 e. The van der Waals surface area contributed by atoms with Crippen LogP contribution in [-0.2, 0) is 9.84 Å². The Balaban J connectivity index is 1.61. The number of nitrogens with zero attached hydrogens (tertiary/aromatic N) is 1. The van der Waals surface area contributed by atoms with E-state index in [1.165, 1.54) is 0 Å². The van der Waals surface area contributed by atoms with Gasteiger partial charge in [0, 0.05) is 31.9 Å². The molecule has 1 aromatic carbocycles. The van der Waals surface area contributed by atoms with E-state index in [4.69, 9.17) is 0 Å². The van der Waals surface area contributed by atoms with Gasteiger partial charge in [-0.15, -0.1) is 0 Å². The summed E-state index contributed by atoms with van der Waals surface area (Å²) < 4.78 is 22.6. The highest BCUT2D eigenvalue weighted by Crippen LogP contribution is 2.11. The van der Waals surface area contributed by atoms with Crippen LogP contribution in [0.3, 0.4) is 0 Å². The Morgan fingerprint density at radius 2 is 2.05 bits per heavy atom. The van der Waals surface area contributed by atoms with Crippen molar-refractivity contribution in [2.75, 3.05) is 36.5 Å². The van der Waals surface area contributed by atoms with Crippen molar-refractivity contribution in [2.24, 2.45) is 0 Å². The molecule has 22 heavy (non-hydrogen) atoms. The van der Waals surface area contributed by atoms with Gasteiger partial charge in [-0.25, -0.2) is 13.2 Å². The topological polar surface area (TPSA) is 78.5 Å². The molecule has 122 valence electrons. The van der Waals surface area contributed by atoms with Gasteiger partial charge in [-0.2, -0.15) is 0 Å².